The van der Waals surface area contributed by atoms with Crippen molar-refractivity contribution >= 4 is 34.5 Å². The summed E-state index contributed by atoms with van der Waals surface area (Å²) in [6.07, 6.45) is 4.05. The van der Waals surface area contributed by atoms with Crippen LogP contribution in [0.2, 0.25) is 8.67 Å². The lowest BCUT2D eigenvalue weighted by Gasteiger charge is -2.04. The average molecular weight is 302 g/mol. The van der Waals surface area contributed by atoms with Crippen LogP contribution in [-0.2, 0) is 6.42 Å². The fraction of sp³-hybridized carbons (Fsp3) is 0.417. The maximum atomic E-state index is 6.14. The van der Waals surface area contributed by atoms with Crippen molar-refractivity contribution < 1.29 is 0 Å². The predicted octanol–water partition coefficient (Wildman–Crippen LogP) is 3.60. The monoisotopic (exact) mass is 301 g/mol. The van der Waals surface area contributed by atoms with Crippen molar-refractivity contribution in [2.45, 2.75) is 12.8 Å². The summed E-state index contributed by atoms with van der Waals surface area (Å²) < 4.78 is 1.41. The van der Waals surface area contributed by atoms with Gasteiger partial charge in [0.1, 0.15) is 10.2 Å². The topological polar surface area (TPSA) is 40.7 Å². The molecule has 0 amide bonds. The zero-order valence-corrected chi connectivity index (χ0v) is 12.0. The van der Waals surface area contributed by atoms with Crippen molar-refractivity contribution in [3.05, 3.63) is 26.8 Å². The molecule has 18 heavy (non-hydrogen) atoms. The van der Waals surface area contributed by atoms with Gasteiger partial charge >= 0.3 is 0 Å². The Bertz CT molecular complexity index is 543. The third-order valence-corrected chi connectivity index (χ3v) is 4.71. The molecule has 0 aliphatic carbocycles. The van der Waals surface area contributed by atoms with Gasteiger partial charge in [0.05, 0.1) is 16.2 Å². The molecule has 1 aliphatic heterocycles. The first kappa shape index (κ1) is 12.5. The second-order valence-electron chi connectivity index (χ2n) is 4.54. The SMILES string of the molecule is Clc1cc(-c2cnc(CC3CCNC3)[nH]2)c(Cl)s1. The minimum absolute atomic E-state index is 0.686. The van der Waals surface area contributed by atoms with Gasteiger partial charge in [0, 0.05) is 12.0 Å². The highest BCUT2D eigenvalue weighted by Gasteiger charge is 2.17. The van der Waals surface area contributed by atoms with Crippen LogP contribution in [0.1, 0.15) is 12.2 Å². The Balaban J connectivity index is 1.78. The fourth-order valence-corrected chi connectivity index (χ4v) is 3.78. The van der Waals surface area contributed by atoms with Crippen molar-refractivity contribution in [1.29, 1.82) is 0 Å². The highest BCUT2D eigenvalue weighted by atomic mass is 35.5. The van der Waals surface area contributed by atoms with Crippen LogP contribution >= 0.6 is 34.5 Å². The Morgan fingerprint density at radius 1 is 1.44 bits per heavy atom. The number of nitrogens with one attached hydrogen (secondary N) is 2. The summed E-state index contributed by atoms with van der Waals surface area (Å²) in [6, 6.07) is 1.88. The maximum Gasteiger partial charge on any atom is 0.106 e. The van der Waals surface area contributed by atoms with E-state index in [-0.39, 0.29) is 0 Å². The summed E-state index contributed by atoms with van der Waals surface area (Å²) in [6.45, 7) is 2.20. The normalized spacial score (nSPS) is 19.6. The van der Waals surface area contributed by atoms with Gasteiger partial charge < -0.3 is 10.3 Å². The van der Waals surface area contributed by atoms with E-state index in [1.54, 1.807) is 0 Å². The number of aromatic nitrogens is 2. The van der Waals surface area contributed by atoms with E-state index >= 15 is 0 Å². The standard InChI is InChI=1S/C12H13Cl2N3S/c13-10-4-8(12(14)18-10)9-6-16-11(17-9)3-7-1-2-15-5-7/h4,6-7,15H,1-3,5H2,(H,16,17). The maximum absolute atomic E-state index is 6.14. The van der Waals surface area contributed by atoms with Crippen LogP contribution in [0.15, 0.2) is 12.3 Å². The minimum atomic E-state index is 0.686. The number of nitrogens with zero attached hydrogens (tertiary/aromatic N) is 1. The molecule has 2 aromatic rings. The van der Waals surface area contributed by atoms with Crippen molar-refractivity contribution in [3.63, 3.8) is 0 Å². The Kier molecular flexibility index (Phi) is 3.61. The van der Waals surface area contributed by atoms with Crippen LogP contribution < -0.4 is 5.32 Å². The highest BCUT2D eigenvalue weighted by Crippen LogP contribution is 2.37. The molecule has 3 rings (SSSR count). The molecular weight excluding hydrogens is 289 g/mol. The van der Waals surface area contributed by atoms with Crippen molar-refractivity contribution in [3.8, 4) is 11.3 Å². The zero-order chi connectivity index (χ0) is 12.5. The second-order valence-corrected chi connectivity index (χ2v) is 6.83. The van der Waals surface area contributed by atoms with Gasteiger partial charge in [-0.05, 0) is 31.5 Å². The molecule has 1 unspecified atom stereocenters. The lowest BCUT2D eigenvalue weighted by molar-refractivity contribution is 0.565. The van der Waals surface area contributed by atoms with Gasteiger partial charge in [-0.3, -0.25) is 0 Å². The number of thiophene rings is 1. The van der Waals surface area contributed by atoms with Gasteiger partial charge in [-0.25, -0.2) is 4.98 Å². The van der Waals surface area contributed by atoms with Crippen LogP contribution in [0.4, 0.5) is 0 Å². The zero-order valence-electron chi connectivity index (χ0n) is 9.67. The van der Waals surface area contributed by atoms with E-state index in [0.717, 1.165) is 36.6 Å². The molecule has 96 valence electrons. The Morgan fingerprint density at radius 3 is 3.00 bits per heavy atom. The largest absolute Gasteiger partial charge is 0.342 e. The van der Waals surface area contributed by atoms with Crippen molar-refractivity contribution in [2.24, 2.45) is 5.92 Å². The molecule has 1 atom stereocenters. The molecule has 0 bridgehead atoms. The van der Waals surface area contributed by atoms with Gasteiger partial charge in [-0.2, -0.15) is 0 Å². The fourth-order valence-electron chi connectivity index (χ4n) is 2.29. The van der Waals surface area contributed by atoms with Crippen molar-refractivity contribution in [1.82, 2.24) is 15.3 Å². The highest BCUT2D eigenvalue weighted by molar-refractivity contribution is 7.20. The van der Waals surface area contributed by atoms with E-state index in [2.05, 4.69) is 15.3 Å². The lowest BCUT2D eigenvalue weighted by atomic mass is 10.1. The predicted molar refractivity (Wildman–Crippen MR) is 76.6 cm³/mol. The first-order chi connectivity index (χ1) is 8.72. The molecule has 0 aromatic carbocycles. The van der Waals surface area contributed by atoms with E-state index in [9.17, 15) is 0 Å². The van der Waals surface area contributed by atoms with E-state index < -0.39 is 0 Å². The smallest absolute Gasteiger partial charge is 0.106 e. The van der Waals surface area contributed by atoms with Crippen LogP contribution in [0.3, 0.4) is 0 Å². The number of rotatable bonds is 3. The van der Waals surface area contributed by atoms with Gasteiger partial charge in [-0.15, -0.1) is 11.3 Å². The molecule has 0 radical (unpaired) electrons. The van der Waals surface area contributed by atoms with Gasteiger partial charge in [-0.1, -0.05) is 23.2 Å². The Labute approximate surface area is 120 Å². The minimum Gasteiger partial charge on any atom is -0.342 e. The summed E-state index contributed by atoms with van der Waals surface area (Å²) in [5, 5.41) is 3.36. The molecule has 3 nitrogen and oxygen atoms in total. The molecule has 2 aromatic heterocycles. The molecular formula is C12H13Cl2N3S. The molecule has 6 heteroatoms. The van der Waals surface area contributed by atoms with E-state index in [1.165, 1.54) is 17.8 Å². The van der Waals surface area contributed by atoms with Gasteiger partial charge in [0.25, 0.3) is 0 Å². The van der Waals surface area contributed by atoms with Gasteiger partial charge in [0.2, 0.25) is 0 Å². The third kappa shape index (κ3) is 2.57. The van der Waals surface area contributed by atoms with Crippen LogP contribution in [0, 0.1) is 5.92 Å². The van der Waals surface area contributed by atoms with Crippen LogP contribution in [0.5, 0.6) is 0 Å². The number of hydrogen-bond donors (Lipinski definition) is 2. The molecule has 1 aliphatic rings. The molecule has 3 heterocycles. The van der Waals surface area contributed by atoms with Crippen LogP contribution in [-0.4, -0.2) is 23.1 Å². The number of aromatic amines is 1. The first-order valence-electron chi connectivity index (χ1n) is 5.92. The number of hydrogen-bond acceptors (Lipinski definition) is 3. The van der Waals surface area contributed by atoms with E-state index in [1.807, 2.05) is 12.3 Å². The number of imidazole rings is 1. The molecule has 0 spiro atoms. The van der Waals surface area contributed by atoms with Crippen LogP contribution in [0.25, 0.3) is 11.3 Å². The molecule has 1 saturated heterocycles. The molecule has 0 saturated carbocycles. The summed E-state index contributed by atoms with van der Waals surface area (Å²) in [5.41, 5.74) is 1.89. The Morgan fingerprint density at radius 2 is 2.33 bits per heavy atom. The quantitative estimate of drug-likeness (QED) is 0.909. The summed E-state index contributed by atoms with van der Waals surface area (Å²) >= 11 is 13.5. The van der Waals surface area contributed by atoms with Gasteiger partial charge in [0.15, 0.2) is 0 Å². The second kappa shape index (κ2) is 5.21. The first-order valence-corrected chi connectivity index (χ1v) is 7.49. The Hall–Kier alpha value is -0.550. The van der Waals surface area contributed by atoms with E-state index in [4.69, 9.17) is 23.2 Å². The molecule has 2 N–H and O–H groups in total. The van der Waals surface area contributed by atoms with Crippen molar-refractivity contribution in [2.75, 3.05) is 13.1 Å². The summed E-state index contributed by atoms with van der Waals surface area (Å²) in [5.74, 6) is 1.71. The number of H-pyrrole nitrogens is 1. The molecule has 1 fully saturated rings. The summed E-state index contributed by atoms with van der Waals surface area (Å²) in [4.78, 5) is 7.76. The van der Waals surface area contributed by atoms with E-state index in [0.29, 0.717) is 14.6 Å². The summed E-state index contributed by atoms with van der Waals surface area (Å²) in [7, 11) is 0. The number of halogens is 2. The third-order valence-electron chi connectivity index (χ3n) is 3.22. The lowest BCUT2D eigenvalue weighted by Crippen LogP contribution is -2.11. The average Bonchev–Trinajstić information content (AvgIpc) is 3.01.